The molecule has 1 aliphatic heterocycles. The van der Waals surface area contributed by atoms with Gasteiger partial charge in [0.2, 0.25) is 0 Å². The Hall–Kier alpha value is -1.66. The lowest BCUT2D eigenvalue weighted by Crippen LogP contribution is -2.11. The highest BCUT2D eigenvalue weighted by Crippen LogP contribution is 2.41. The van der Waals surface area contributed by atoms with Crippen LogP contribution in [-0.2, 0) is 0 Å². The van der Waals surface area contributed by atoms with Gasteiger partial charge in [0.1, 0.15) is 6.34 Å². The molecule has 0 radical (unpaired) electrons. The summed E-state index contributed by atoms with van der Waals surface area (Å²) in [6.45, 7) is 2.13. The molecule has 0 atom stereocenters. The molecule has 16 heavy (non-hydrogen) atoms. The van der Waals surface area contributed by atoms with Crippen LogP contribution < -0.4 is 4.67 Å². The zero-order chi connectivity index (χ0) is 11.1. The van der Waals surface area contributed by atoms with Crippen LogP contribution in [-0.4, -0.2) is 12.6 Å². The second-order valence-corrected chi connectivity index (χ2v) is 4.55. The van der Waals surface area contributed by atoms with Gasteiger partial charge in [-0.05, 0) is 23.9 Å². The van der Waals surface area contributed by atoms with Gasteiger partial charge >= 0.3 is 0 Å². The zero-order valence-electron chi connectivity index (χ0n) is 9.01. The predicted octanol–water partition coefficient (Wildman–Crippen LogP) is 3.92. The molecule has 3 heteroatoms. The first-order valence-corrected chi connectivity index (χ1v) is 6.17. The van der Waals surface area contributed by atoms with E-state index < -0.39 is 0 Å². The van der Waals surface area contributed by atoms with E-state index >= 15 is 0 Å². The monoisotopic (exact) mass is 226 g/mol. The molecule has 2 aromatic carbocycles. The molecule has 1 heterocycles. The summed E-state index contributed by atoms with van der Waals surface area (Å²) in [7, 11) is 0.948. The normalized spacial score (nSPS) is 13.7. The molecule has 0 spiro atoms. The highest BCUT2D eigenvalue weighted by molar-refractivity contribution is 7.39. The van der Waals surface area contributed by atoms with Gasteiger partial charge in [-0.1, -0.05) is 30.6 Å². The minimum atomic E-state index is 0.948. The van der Waals surface area contributed by atoms with Gasteiger partial charge in [-0.15, -0.1) is 0 Å². The molecule has 0 aliphatic carbocycles. The zero-order valence-corrected chi connectivity index (χ0v) is 9.91. The van der Waals surface area contributed by atoms with Crippen LogP contribution in [0.1, 0.15) is 5.56 Å². The molecule has 0 N–H and O–H groups in total. The fourth-order valence-corrected chi connectivity index (χ4v) is 2.65. The van der Waals surface area contributed by atoms with Crippen LogP contribution in [0.25, 0.3) is 10.8 Å². The summed E-state index contributed by atoms with van der Waals surface area (Å²) in [5, 5.41) is 2.48. The first-order chi connectivity index (χ1) is 7.81. The van der Waals surface area contributed by atoms with E-state index in [0.717, 1.165) is 14.0 Å². The van der Waals surface area contributed by atoms with Gasteiger partial charge in [-0.3, -0.25) is 4.67 Å². The Kier molecular flexibility index (Phi) is 2.05. The number of anilines is 1. The molecular weight excluding hydrogens is 215 g/mol. The number of hydrogen-bond acceptors (Lipinski definition) is 2. The molecule has 3 rings (SSSR count). The van der Waals surface area contributed by atoms with Gasteiger partial charge in [0.05, 0.1) is 11.4 Å². The van der Waals surface area contributed by atoms with E-state index in [1.54, 1.807) is 0 Å². The fraction of sp³-hybridized carbons (Fsp3) is 0.0769. The molecule has 2 nitrogen and oxygen atoms in total. The molecule has 0 bridgehead atoms. The third kappa shape index (κ3) is 1.20. The van der Waals surface area contributed by atoms with E-state index in [0.29, 0.717) is 0 Å². The SMILES string of the molecule is C=PN1C=Nc2cccc3ccc(C)c1c23. The standard InChI is InChI=1S/C13H11N2P/c1-9-6-7-10-4-3-5-11-12(10)13(9)15(16-2)8-14-11/h3-8H,2H2,1H3. The van der Waals surface area contributed by atoms with Gasteiger partial charge in [0, 0.05) is 13.7 Å². The molecular formula is C13H11N2P. The summed E-state index contributed by atoms with van der Waals surface area (Å²) in [5.41, 5.74) is 3.55. The summed E-state index contributed by atoms with van der Waals surface area (Å²) in [6, 6.07) is 10.5. The average Bonchev–Trinajstić information content (AvgIpc) is 2.33. The maximum Gasteiger partial charge on any atom is 0.103 e. The molecule has 0 unspecified atom stereocenters. The number of rotatable bonds is 1. The molecule has 0 saturated heterocycles. The quantitative estimate of drug-likeness (QED) is 0.673. The van der Waals surface area contributed by atoms with Gasteiger partial charge in [0.25, 0.3) is 0 Å². The lowest BCUT2D eigenvalue weighted by Gasteiger charge is -2.23. The van der Waals surface area contributed by atoms with Crippen molar-refractivity contribution in [3.8, 4) is 0 Å². The van der Waals surface area contributed by atoms with Crippen molar-refractivity contribution in [3.05, 3.63) is 35.9 Å². The Bertz CT molecular complexity index is 617. The summed E-state index contributed by atoms with van der Waals surface area (Å²) in [6.07, 6.45) is 5.78. The molecule has 0 amide bonds. The van der Waals surface area contributed by atoms with Crippen molar-refractivity contribution in [1.29, 1.82) is 0 Å². The van der Waals surface area contributed by atoms with Crippen molar-refractivity contribution in [2.24, 2.45) is 4.99 Å². The average molecular weight is 226 g/mol. The van der Waals surface area contributed by atoms with E-state index in [1.165, 1.54) is 22.0 Å². The van der Waals surface area contributed by atoms with E-state index in [9.17, 15) is 0 Å². The number of nitrogens with zero attached hydrogens (tertiary/aromatic N) is 2. The molecule has 78 valence electrons. The summed E-state index contributed by atoms with van der Waals surface area (Å²) in [4.78, 5) is 4.46. The summed E-state index contributed by atoms with van der Waals surface area (Å²) in [5.74, 6) is 0. The summed E-state index contributed by atoms with van der Waals surface area (Å²) < 4.78 is 2.07. The topological polar surface area (TPSA) is 15.6 Å². The van der Waals surface area contributed by atoms with Crippen molar-refractivity contribution < 1.29 is 0 Å². The number of aliphatic imine (C=N–C) groups is 1. The van der Waals surface area contributed by atoms with Crippen LogP contribution in [0.15, 0.2) is 35.3 Å². The van der Waals surface area contributed by atoms with E-state index in [1.807, 2.05) is 12.4 Å². The molecule has 0 fully saturated rings. The number of hydrogen-bond donors (Lipinski definition) is 0. The van der Waals surface area contributed by atoms with Crippen molar-refractivity contribution in [2.75, 3.05) is 4.67 Å². The van der Waals surface area contributed by atoms with Gasteiger partial charge in [-0.2, -0.15) is 0 Å². The van der Waals surface area contributed by atoms with Gasteiger partial charge in [-0.25, -0.2) is 4.99 Å². The molecule has 0 aromatic heterocycles. The van der Waals surface area contributed by atoms with Crippen LogP contribution in [0.5, 0.6) is 0 Å². The highest BCUT2D eigenvalue weighted by Gasteiger charge is 2.16. The molecule has 1 aliphatic rings. The van der Waals surface area contributed by atoms with E-state index in [-0.39, 0.29) is 0 Å². The third-order valence-corrected chi connectivity index (χ3v) is 3.49. The van der Waals surface area contributed by atoms with Crippen molar-refractivity contribution in [1.82, 2.24) is 0 Å². The summed E-state index contributed by atoms with van der Waals surface area (Å²) >= 11 is 0. The maximum absolute atomic E-state index is 4.46. The van der Waals surface area contributed by atoms with Crippen molar-refractivity contribution >= 4 is 43.1 Å². The molecule has 2 aromatic rings. The lowest BCUT2D eigenvalue weighted by molar-refractivity contribution is 1.40. The van der Waals surface area contributed by atoms with Crippen molar-refractivity contribution in [2.45, 2.75) is 6.92 Å². The van der Waals surface area contributed by atoms with Gasteiger partial charge in [0.15, 0.2) is 0 Å². The smallest absolute Gasteiger partial charge is 0.103 e. The van der Waals surface area contributed by atoms with Crippen LogP contribution in [0.4, 0.5) is 11.4 Å². The van der Waals surface area contributed by atoms with Crippen LogP contribution in [0, 0.1) is 6.92 Å². The Labute approximate surface area is 96.1 Å². The Balaban J connectivity index is 2.50. The lowest BCUT2D eigenvalue weighted by atomic mass is 10.0. The first kappa shape index (κ1) is 9.56. The minimum absolute atomic E-state index is 0.948. The Morgan fingerprint density at radius 3 is 2.94 bits per heavy atom. The third-order valence-electron chi connectivity index (χ3n) is 2.89. The largest absolute Gasteiger partial charge is 0.282 e. The van der Waals surface area contributed by atoms with Crippen LogP contribution in [0.3, 0.4) is 0 Å². The van der Waals surface area contributed by atoms with Crippen LogP contribution in [0.2, 0.25) is 0 Å². The van der Waals surface area contributed by atoms with E-state index in [4.69, 9.17) is 0 Å². The molecule has 0 saturated carbocycles. The number of benzene rings is 2. The second kappa shape index (κ2) is 3.43. The Morgan fingerprint density at radius 2 is 2.12 bits per heavy atom. The predicted molar refractivity (Wildman–Crippen MR) is 73.4 cm³/mol. The van der Waals surface area contributed by atoms with Gasteiger partial charge < -0.3 is 0 Å². The highest BCUT2D eigenvalue weighted by atomic mass is 31.1. The van der Waals surface area contributed by atoms with Crippen molar-refractivity contribution in [3.63, 3.8) is 0 Å². The Morgan fingerprint density at radius 1 is 1.25 bits per heavy atom. The number of aryl methyl sites for hydroxylation is 1. The second-order valence-electron chi connectivity index (χ2n) is 3.84. The minimum Gasteiger partial charge on any atom is -0.282 e. The maximum atomic E-state index is 4.46. The first-order valence-electron chi connectivity index (χ1n) is 5.13. The van der Waals surface area contributed by atoms with E-state index in [2.05, 4.69) is 47.2 Å². The fourth-order valence-electron chi connectivity index (χ4n) is 2.13. The van der Waals surface area contributed by atoms with Crippen LogP contribution >= 0.6 is 8.35 Å².